The van der Waals surface area contributed by atoms with E-state index in [9.17, 15) is 0 Å². The second kappa shape index (κ2) is 9.75. The van der Waals surface area contributed by atoms with E-state index in [-0.39, 0.29) is 0 Å². The minimum Gasteiger partial charge on any atom is -0.379 e. The van der Waals surface area contributed by atoms with E-state index in [1.54, 1.807) is 0 Å². The van der Waals surface area contributed by atoms with Crippen molar-refractivity contribution in [1.29, 1.82) is 0 Å². The van der Waals surface area contributed by atoms with Crippen molar-refractivity contribution in [2.75, 3.05) is 46.9 Å². The first kappa shape index (κ1) is 20.4. The van der Waals surface area contributed by atoms with Crippen LogP contribution in [-0.4, -0.2) is 67.3 Å². The fourth-order valence-corrected chi connectivity index (χ4v) is 3.69. The molecule has 6 heteroatoms. The zero-order valence-electron chi connectivity index (χ0n) is 17.6. The van der Waals surface area contributed by atoms with E-state index in [2.05, 4.69) is 88.3 Å². The Hall–Kier alpha value is -2.31. The zero-order valence-corrected chi connectivity index (χ0v) is 17.6. The van der Waals surface area contributed by atoms with Crippen LogP contribution >= 0.6 is 0 Å². The van der Waals surface area contributed by atoms with Crippen LogP contribution in [0, 0.1) is 6.92 Å². The fraction of sp³-hybridized carbons (Fsp3) is 0.500. The second-order valence-electron chi connectivity index (χ2n) is 7.47. The van der Waals surface area contributed by atoms with Crippen LogP contribution in [0.25, 0.3) is 0 Å². The molecule has 2 aromatic rings. The summed E-state index contributed by atoms with van der Waals surface area (Å²) in [5.41, 5.74) is 3.88. The lowest BCUT2D eigenvalue weighted by Crippen LogP contribution is -2.46. The van der Waals surface area contributed by atoms with Gasteiger partial charge in [0, 0.05) is 52.7 Å². The smallest absolute Gasteiger partial charge is 0.193 e. The van der Waals surface area contributed by atoms with Gasteiger partial charge in [-0.2, -0.15) is 0 Å². The Morgan fingerprint density at radius 1 is 1.21 bits per heavy atom. The molecule has 0 amide bonds. The van der Waals surface area contributed by atoms with Crippen LogP contribution in [0.2, 0.25) is 0 Å². The quantitative estimate of drug-likeness (QED) is 0.615. The molecule has 1 saturated heterocycles. The third-order valence-corrected chi connectivity index (χ3v) is 5.43. The summed E-state index contributed by atoms with van der Waals surface area (Å²) in [6, 6.07) is 13.4. The van der Waals surface area contributed by atoms with E-state index in [1.165, 1.54) is 16.8 Å². The number of aliphatic imine (C=N–C) groups is 1. The summed E-state index contributed by atoms with van der Waals surface area (Å²) in [7, 11) is 6.00. The van der Waals surface area contributed by atoms with Gasteiger partial charge in [-0.1, -0.05) is 29.8 Å². The van der Waals surface area contributed by atoms with Gasteiger partial charge in [0.1, 0.15) is 0 Å². The zero-order chi connectivity index (χ0) is 19.9. The highest BCUT2D eigenvalue weighted by Crippen LogP contribution is 2.22. The molecule has 28 heavy (non-hydrogen) atoms. The number of hydrogen-bond acceptors (Lipinski definition) is 3. The van der Waals surface area contributed by atoms with Gasteiger partial charge < -0.3 is 19.5 Å². The van der Waals surface area contributed by atoms with Gasteiger partial charge >= 0.3 is 0 Å². The van der Waals surface area contributed by atoms with Gasteiger partial charge in [0.2, 0.25) is 0 Å². The van der Waals surface area contributed by atoms with Crippen LogP contribution in [0.4, 0.5) is 0 Å². The molecule has 0 saturated carbocycles. The van der Waals surface area contributed by atoms with Crippen LogP contribution in [0.5, 0.6) is 0 Å². The molecule has 1 fully saturated rings. The largest absolute Gasteiger partial charge is 0.379 e. The lowest BCUT2D eigenvalue weighted by atomic mass is 10.0. The summed E-state index contributed by atoms with van der Waals surface area (Å²) in [6.07, 6.45) is 2.07. The van der Waals surface area contributed by atoms with Crippen molar-refractivity contribution in [3.8, 4) is 0 Å². The molecule has 0 bridgehead atoms. The van der Waals surface area contributed by atoms with Crippen LogP contribution in [0.15, 0.2) is 47.6 Å². The maximum atomic E-state index is 5.56. The molecular formula is C22H33N5O. The number of nitrogens with one attached hydrogen (secondary N) is 1. The fourth-order valence-electron chi connectivity index (χ4n) is 3.69. The van der Waals surface area contributed by atoms with Crippen LogP contribution in [0.3, 0.4) is 0 Å². The normalized spacial score (nSPS) is 16.8. The highest BCUT2D eigenvalue weighted by molar-refractivity contribution is 5.79. The van der Waals surface area contributed by atoms with E-state index in [1.807, 2.05) is 7.05 Å². The molecule has 0 aliphatic carbocycles. The molecule has 0 radical (unpaired) electrons. The van der Waals surface area contributed by atoms with E-state index >= 15 is 0 Å². The molecule has 152 valence electrons. The predicted octanol–water partition coefficient (Wildman–Crippen LogP) is 2.41. The van der Waals surface area contributed by atoms with Crippen molar-refractivity contribution in [2.24, 2.45) is 12.0 Å². The van der Waals surface area contributed by atoms with Gasteiger partial charge in [-0.25, -0.2) is 0 Å². The SMILES string of the molecule is CN=C(NCC(c1ccc(C)cc1)N1CCOCC1)N(C)Cc1cccn1C. The first-order valence-electron chi connectivity index (χ1n) is 9.99. The summed E-state index contributed by atoms with van der Waals surface area (Å²) in [5, 5.41) is 3.60. The van der Waals surface area contributed by atoms with E-state index < -0.39 is 0 Å². The lowest BCUT2D eigenvalue weighted by Gasteiger charge is -2.35. The standard InChI is InChI=1S/C22H33N5O/c1-18-7-9-19(10-8-18)21(27-12-14-28-15-13-27)16-24-22(23-2)26(4)17-20-6-5-11-25(20)3/h5-11,21H,12-17H2,1-4H3,(H,23,24). The van der Waals surface area contributed by atoms with Crippen LogP contribution in [0.1, 0.15) is 22.9 Å². The summed E-state index contributed by atoms with van der Waals surface area (Å²) in [4.78, 5) is 9.18. The molecule has 1 aliphatic rings. The number of nitrogens with zero attached hydrogens (tertiary/aromatic N) is 4. The topological polar surface area (TPSA) is 45.0 Å². The van der Waals surface area contributed by atoms with Gasteiger partial charge in [-0.15, -0.1) is 0 Å². The highest BCUT2D eigenvalue weighted by Gasteiger charge is 2.23. The van der Waals surface area contributed by atoms with Crippen molar-refractivity contribution < 1.29 is 4.74 Å². The van der Waals surface area contributed by atoms with Crippen LogP contribution in [-0.2, 0) is 18.3 Å². The number of aromatic nitrogens is 1. The molecule has 1 unspecified atom stereocenters. The summed E-state index contributed by atoms with van der Waals surface area (Å²) < 4.78 is 7.71. The Labute approximate surface area is 168 Å². The third-order valence-electron chi connectivity index (χ3n) is 5.43. The van der Waals surface area contributed by atoms with E-state index in [0.29, 0.717) is 6.04 Å². The summed E-state index contributed by atoms with van der Waals surface area (Å²) in [5.74, 6) is 0.909. The number of aryl methyl sites for hydroxylation is 2. The maximum absolute atomic E-state index is 5.56. The van der Waals surface area contributed by atoms with E-state index in [0.717, 1.165) is 45.4 Å². The Bertz CT molecular complexity index is 761. The Balaban J connectivity index is 1.68. The number of morpholine rings is 1. The van der Waals surface area contributed by atoms with Crippen molar-refractivity contribution >= 4 is 5.96 Å². The Kier molecular flexibility index (Phi) is 7.12. The Morgan fingerprint density at radius 2 is 1.93 bits per heavy atom. The van der Waals surface area contributed by atoms with Gasteiger partial charge in [-0.05, 0) is 24.6 Å². The monoisotopic (exact) mass is 383 g/mol. The molecule has 1 aromatic heterocycles. The molecular weight excluding hydrogens is 350 g/mol. The minimum absolute atomic E-state index is 0.296. The summed E-state index contributed by atoms with van der Waals surface area (Å²) in [6.45, 7) is 7.26. The molecule has 2 heterocycles. The molecule has 1 aliphatic heterocycles. The molecule has 1 aromatic carbocycles. The molecule has 1 N–H and O–H groups in total. The third kappa shape index (κ3) is 5.14. The molecule has 0 spiro atoms. The first-order valence-corrected chi connectivity index (χ1v) is 9.99. The van der Waals surface area contributed by atoms with Crippen molar-refractivity contribution in [1.82, 2.24) is 19.7 Å². The number of guanidine groups is 1. The average molecular weight is 384 g/mol. The van der Waals surface area contributed by atoms with Crippen LogP contribution < -0.4 is 5.32 Å². The van der Waals surface area contributed by atoms with Crippen molar-refractivity contribution in [3.05, 3.63) is 59.4 Å². The predicted molar refractivity (Wildman–Crippen MR) is 115 cm³/mol. The highest BCUT2D eigenvalue weighted by atomic mass is 16.5. The number of benzene rings is 1. The molecule has 1 atom stereocenters. The van der Waals surface area contributed by atoms with Crippen molar-refractivity contribution in [3.63, 3.8) is 0 Å². The maximum Gasteiger partial charge on any atom is 0.193 e. The number of hydrogen-bond donors (Lipinski definition) is 1. The van der Waals surface area contributed by atoms with Gasteiger partial charge in [0.05, 0.1) is 25.8 Å². The van der Waals surface area contributed by atoms with Crippen molar-refractivity contribution in [2.45, 2.75) is 19.5 Å². The average Bonchev–Trinajstić information content (AvgIpc) is 3.11. The summed E-state index contributed by atoms with van der Waals surface area (Å²) >= 11 is 0. The first-order chi connectivity index (χ1) is 13.6. The van der Waals surface area contributed by atoms with Gasteiger partial charge in [0.25, 0.3) is 0 Å². The molecule has 3 rings (SSSR count). The van der Waals surface area contributed by atoms with Gasteiger partial charge in [0.15, 0.2) is 5.96 Å². The van der Waals surface area contributed by atoms with E-state index in [4.69, 9.17) is 4.74 Å². The minimum atomic E-state index is 0.296. The lowest BCUT2D eigenvalue weighted by molar-refractivity contribution is 0.0169. The van der Waals surface area contributed by atoms with Gasteiger partial charge in [-0.3, -0.25) is 9.89 Å². The Morgan fingerprint density at radius 3 is 2.54 bits per heavy atom. The second-order valence-corrected chi connectivity index (χ2v) is 7.47. The molecule has 6 nitrogen and oxygen atoms in total. The number of ether oxygens (including phenoxy) is 1. The number of rotatable bonds is 6.